The maximum atomic E-state index is 11.2. The zero-order valence-electron chi connectivity index (χ0n) is 13.5. The molecule has 2 aliphatic heterocycles. The average molecular weight is 341 g/mol. The van der Waals surface area contributed by atoms with Gasteiger partial charge in [0.1, 0.15) is 5.69 Å². The van der Waals surface area contributed by atoms with Crippen LogP contribution in [0.2, 0.25) is 0 Å². The SMILES string of the molecule is CC1(CN2CCN(c3ccccc3[N+](=O)[O-])CC2)CCNC1.Cl. The van der Waals surface area contributed by atoms with E-state index >= 15 is 0 Å². The van der Waals surface area contributed by atoms with E-state index in [2.05, 4.69) is 22.0 Å². The Hall–Kier alpha value is -1.37. The number of benzene rings is 1. The van der Waals surface area contributed by atoms with Crippen molar-refractivity contribution in [3.8, 4) is 0 Å². The fourth-order valence-corrected chi connectivity index (χ4v) is 3.58. The highest BCUT2D eigenvalue weighted by Gasteiger charge is 2.32. The Kier molecular flexibility index (Phi) is 5.84. The Morgan fingerprint density at radius 2 is 1.96 bits per heavy atom. The first-order chi connectivity index (χ1) is 10.6. The molecule has 1 aromatic rings. The molecule has 0 aromatic heterocycles. The Morgan fingerprint density at radius 3 is 2.57 bits per heavy atom. The Bertz CT molecular complexity index is 541. The molecule has 1 atom stereocenters. The third kappa shape index (κ3) is 4.13. The quantitative estimate of drug-likeness (QED) is 0.672. The van der Waals surface area contributed by atoms with Gasteiger partial charge >= 0.3 is 0 Å². The number of rotatable bonds is 4. The first-order valence-corrected chi connectivity index (χ1v) is 7.99. The van der Waals surface area contributed by atoms with Crippen molar-refractivity contribution in [3.63, 3.8) is 0 Å². The normalized spacial score (nSPS) is 25.2. The van der Waals surface area contributed by atoms with E-state index in [9.17, 15) is 10.1 Å². The van der Waals surface area contributed by atoms with Crippen LogP contribution in [0.4, 0.5) is 11.4 Å². The number of nitro benzene ring substituents is 1. The molecular weight excluding hydrogens is 316 g/mol. The van der Waals surface area contributed by atoms with Crippen LogP contribution in [0.1, 0.15) is 13.3 Å². The third-order valence-electron chi connectivity index (χ3n) is 4.85. The molecule has 0 amide bonds. The van der Waals surface area contributed by atoms with Crippen LogP contribution in [0.25, 0.3) is 0 Å². The number of anilines is 1. The van der Waals surface area contributed by atoms with E-state index < -0.39 is 0 Å². The first kappa shape index (κ1) is 18.0. The summed E-state index contributed by atoms with van der Waals surface area (Å²) in [6.45, 7) is 9.34. The van der Waals surface area contributed by atoms with Crippen molar-refractivity contribution in [1.82, 2.24) is 10.2 Å². The number of para-hydroxylation sites is 2. The van der Waals surface area contributed by atoms with Gasteiger partial charge in [-0.3, -0.25) is 15.0 Å². The molecule has 0 spiro atoms. The summed E-state index contributed by atoms with van der Waals surface area (Å²) in [5, 5.41) is 14.6. The Balaban J connectivity index is 0.00000192. The third-order valence-corrected chi connectivity index (χ3v) is 4.85. The summed E-state index contributed by atoms with van der Waals surface area (Å²) in [7, 11) is 0. The lowest BCUT2D eigenvalue weighted by Gasteiger charge is -2.39. The fraction of sp³-hybridized carbons (Fsp3) is 0.625. The zero-order valence-corrected chi connectivity index (χ0v) is 14.3. The van der Waals surface area contributed by atoms with Crippen molar-refractivity contribution < 1.29 is 4.92 Å². The van der Waals surface area contributed by atoms with Crippen LogP contribution in [0.5, 0.6) is 0 Å². The predicted molar refractivity (Wildman–Crippen MR) is 94.6 cm³/mol. The van der Waals surface area contributed by atoms with Crippen LogP contribution in [0, 0.1) is 15.5 Å². The van der Waals surface area contributed by atoms with Gasteiger partial charge in [-0.2, -0.15) is 0 Å². The first-order valence-electron chi connectivity index (χ1n) is 7.99. The fourth-order valence-electron chi connectivity index (χ4n) is 3.58. The molecule has 0 bridgehead atoms. The minimum Gasteiger partial charge on any atom is -0.363 e. The lowest BCUT2D eigenvalue weighted by atomic mass is 9.89. The van der Waals surface area contributed by atoms with Gasteiger partial charge in [0, 0.05) is 45.3 Å². The highest BCUT2D eigenvalue weighted by Crippen LogP contribution is 2.30. The van der Waals surface area contributed by atoms with E-state index in [0.717, 1.165) is 51.5 Å². The highest BCUT2D eigenvalue weighted by molar-refractivity contribution is 5.85. The number of piperazine rings is 1. The molecule has 23 heavy (non-hydrogen) atoms. The molecule has 0 aliphatic carbocycles. The van der Waals surface area contributed by atoms with Crippen molar-refractivity contribution >= 4 is 23.8 Å². The van der Waals surface area contributed by atoms with Crippen molar-refractivity contribution in [3.05, 3.63) is 34.4 Å². The smallest absolute Gasteiger partial charge is 0.292 e. The summed E-state index contributed by atoms with van der Waals surface area (Å²) in [5.41, 5.74) is 1.34. The molecule has 128 valence electrons. The standard InChI is InChI=1S/C16H24N4O2.ClH/c1-16(6-7-17-12-16)13-18-8-10-19(11-9-18)14-4-2-3-5-15(14)20(21)22;/h2-5,17H,6-13H2,1H3;1H. The number of nitrogens with zero attached hydrogens (tertiary/aromatic N) is 3. The van der Waals surface area contributed by atoms with Crippen molar-refractivity contribution in [2.75, 3.05) is 50.7 Å². The van der Waals surface area contributed by atoms with Crippen molar-refractivity contribution in [2.45, 2.75) is 13.3 Å². The summed E-state index contributed by atoms with van der Waals surface area (Å²) in [5.74, 6) is 0. The monoisotopic (exact) mass is 340 g/mol. The van der Waals surface area contributed by atoms with Gasteiger partial charge < -0.3 is 10.2 Å². The van der Waals surface area contributed by atoms with Crippen molar-refractivity contribution in [2.24, 2.45) is 5.41 Å². The van der Waals surface area contributed by atoms with Crippen LogP contribution >= 0.6 is 12.4 Å². The second-order valence-electron chi connectivity index (χ2n) is 6.75. The summed E-state index contributed by atoms with van der Waals surface area (Å²) in [6, 6.07) is 7.05. The molecule has 2 saturated heterocycles. The number of nitrogens with one attached hydrogen (secondary N) is 1. The van der Waals surface area contributed by atoms with Gasteiger partial charge in [-0.15, -0.1) is 12.4 Å². The van der Waals surface area contributed by atoms with Gasteiger partial charge in [0.2, 0.25) is 0 Å². The number of hydrogen-bond donors (Lipinski definition) is 1. The molecular formula is C16H25ClN4O2. The molecule has 7 heteroatoms. The largest absolute Gasteiger partial charge is 0.363 e. The molecule has 2 heterocycles. The lowest BCUT2D eigenvalue weighted by molar-refractivity contribution is -0.384. The second kappa shape index (κ2) is 7.47. The van der Waals surface area contributed by atoms with Gasteiger partial charge in [0.25, 0.3) is 5.69 Å². The minimum atomic E-state index is -0.285. The summed E-state index contributed by atoms with van der Waals surface area (Å²) in [4.78, 5) is 15.5. The minimum absolute atomic E-state index is 0. The molecule has 0 radical (unpaired) electrons. The van der Waals surface area contributed by atoms with Crippen LogP contribution in [-0.4, -0.2) is 55.6 Å². The molecule has 2 fully saturated rings. The summed E-state index contributed by atoms with van der Waals surface area (Å²) in [6.07, 6.45) is 1.23. The Labute approximate surface area is 143 Å². The van der Waals surface area contributed by atoms with Crippen molar-refractivity contribution in [1.29, 1.82) is 0 Å². The van der Waals surface area contributed by atoms with Crippen LogP contribution in [0.15, 0.2) is 24.3 Å². The second-order valence-corrected chi connectivity index (χ2v) is 6.75. The van der Waals surface area contributed by atoms with E-state index in [1.54, 1.807) is 12.1 Å². The van der Waals surface area contributed by atoms with Crippen LogP contribution in [0.3, 0.4) is 0 Å². The van der Waals surface area contributed by atoms with E-state index in [4.69, 9.17) is 0 Å². The average Bonchev–Trinajstić information content (AvgIpc) is 2.94. The molecule has 1 N–H and O–H groups in total. The molecule has 6 nitrogen and oxygen atoms in total. The van der Waals surface area contributed by atoms with E-state index in [0.29, 0.717) is 5.41 Å². The van der Waals surface area contributed by atoms with Gasteiger partial charge in [0.15, 0.2) is 0 Å². The maximum absolute atomic E-state index is 11.2. The number of nitro groups is 1. The van der Waals surface area contributed by atoms with Gasteiger partial charge in [-0.05, 0) is 24.4 Å². The summed E-state index contributed by atoms with van der Waals surface area (Å²) >= 11 is 0. The number of hydrogen-bond acceptors (Lipinski definition) is 5. The van der Waals surface area contributed by atoms with E-state index in [-0.39, 0.29) is 23.0 Å². The molecule has 0 saturated carbocycles. The zero-order chi connectivity index (χ0) is 15.6. The van der Waals surface area contributed by atoms with Gasteiger partial charge in [-0.25, -0.2) is 0 Å². The molecule has 1 unspecified atom stereocenters. The number of halogens is 1. The molecule has 3 rings (SSSR count). The molecule has 2 aliphatic rings. The van der Waals surface area contributed by atoms with Crippen LogP contribution in [-0.2, 0) is 0 Å². The lowest BCUT2D eigenvalue weighted by Crippen LogP contribution is -2.50. The van der Waals surface area contributed by atoms with E-state index in [1.807, 2.05) is 12.1 Å². The predicted octanol–water partition coefficient (Wildman–Crippen LogP) is 2.14. The van der Waals surface area contributed by atoms with Gasteiger partial charge in [-0.1, -0.05) is 19.1 Å². The topological polar surface area (TPSA) is 61.7 Å². The maximum Gasteiger partial charge on any atom is 0.292 e. The Morgan fingerprint density at radius 1 is 1.26 bits per heavy atom. The molecule has 1 aromatic carbocycles. The highest BCUT2D eigenvalue weighted by atomic mass is 35.5. The summed E-state index contributed by atoms with van der Waals surface area (Å²) < 4.78 is 0. The van der Waals surface area contributed by atoms with Crippen LogP contribution < -0.4 is 10.2 Å². The van der Waals surface area contributed by atoms with E-state index in [1.165, 1.54) is 6.42 Å². The van der Waals surface area contributed by atoms with Gasteiger partial charge in [0.05, 0.1) is 4.92 Å².